The van der Waals surface area contributed by atoms with Crippen LogP contribution in [0.25, 0.3) is 10.2 Å². The minimum atomic E-state index is 0.316. The lowest BCUT2D eigenvalue weighted by Gasteiger charge is -2.14. The molecular formula is C17H20N2S2. The topological polar surface area (TPSA) is 24.9 Å². The Bertz CT molecular complexity index is 681. The Labute approximate surface area is 133 Å². The Morgan fingerprint density at radius 3 is 2.57 bits per heavy atom. The quantitative estimate of drug-likeness (QED) is 0.705. The second-order valence-corrected chi connectivity index (χ2v) is 7.37. The van der Waals surface area contributed by atoms with Crippen molar-refractivity contribution in [3.63, 3.8) is 0 Å². The molecule has 1 N–H and O–H groups in total. The lowest BCUT2D eigenvalue weighted by atomic mass is 10.2. The third-order valence-corrected chi connectivity index (χ3v) is 5.93. The fourth-order valence-electron chi connectivity index (χ4n) is 2.46. The zero-order valence-corrected chi connectivity index (χ0v) is 14.1. The first-order valence-electron chi connectivity index (χ1n) is 7.46. The lowest BCUT2D eigenvalue weighted by Crippen LogP contribution is -2.22. The van der Waals surface area contributed by atoms with Gasteiger partial charge >= 0.3 is 0 Å². The molecule has 0 saturated carbocycles. The van der Waals surface area contributed by atoms with Crippen LogP contribution in [-0.2, 0) is 12.8 Å². The number of hydrogen-bond acceptors (Lipinski definition) is 4. The average Bonchev–Trinajstić information content (AvgIpc) is 3.12. The summed E-state index contributed by atoms with van der Waals surface area (Å²) in [7, 11) is 0. The lowest BCUT2D eigenvalue weighted by molar-refractivity contribution is 0.551. The van der Waals surface area contributed by atoms with Gasteiger partial charge in [0.2, 0.25) is 0 Å². The highest BCUT2D eigenvalue weighted by atomic mass is 32.1. The number of thiazole rings is 1. The number of rotatable bonds is 6. The summed E-state index contributed by atoms with van der Waals surface area (Å²) in [6.07, 6.45) is 2.15. The predicted molar refractivity (Wildman–Crippen MR) is 93.4 cm³/mol. The third-order valence-electron chi connectivity index (χ3n) is 3.53. The summed E-state index contributed by atoms with van der Waals surface area (Å²) < 4.78 is 1.27. The molecule has 0 bridgehead atoms. The first-order valence-corrected chi connectivity index (χ1v) is 9.10. The standard InChI is InChI=1S/C17H20N2S2/c1-3-12-9-10-13(20-12)11-15(18-4-2)17-19-14-7-5-6-8-16(14)21-17/h5-10,15,18H,3-4,11H2,1-2H3. The highest BCUT2D eigenvalue weighted by Crippen LogP contribution is 2.30. The van der Waals surface area contributed by atoms with Crippen molar-refractivity contribution in [2.75, 3.05) is 6.54 Å². The average molecular weight is 316 g/mol. The van der Waals surface area contributed by atoms with Crippen LogP contribution in [0, 0.1) is 0 Å². The van der Waals surface area contributed by atoms with Crippen LogP contribution in [0.3, 0.4) is 0 Å². The van der Waals surface area contributed by atoms with Gasteiger partial charge in [-0.2, -0.15) is 0 Å². The van der Waals surface area contributed by atoms with Crippen molar-refractivity contribution in [2.24, 2.45) is 0 Å². The van der Waals surface area contributed by atoms with Gasteiger partial charge in [-0.25, -0.2) is 4.98 Å². The van der Waals surface area contributed by atoms with E-state index >= 15 is 0 Å². The molecule has 2 aromatic heterocycles. The van der Waals surface area contributed by atoms with E-state index in [1.54, 1.807) is 0 Å². The van der Waals surface area contributed by atoms with E-state index in [-0.39, 0.29) is 0 Å². The number of para-hydroxylation sites is 1. The smallest absolute Gasteiger partial charge is 0.111 e. The van der Waals surface area contributed by atoms with Crippen molar-refractivity contribution < 1.29 is 0 Å². The maximum Gasteiger partial charge on any atom is 0.111 e. The van der Waals surface area contributed by atoms with Gasteiger partial charge in [0.05, 0.1) is 16.3 Å². The molecule has 3 rings (SSSR count). The van der Waals surface area contributed by atoms with E-state index < -0.39 is 0 Å². The van der Waals surface area contributed by atoms with Crippen LogP contribution in [0.2, 0.25) is 0 Å². The molecule has 3 aromatic rings. The third kappa shape index (κ3) is 3.34. The summed E-state index contributed by atoms with van der Waals surface area (Å²) in [5.41, 5.74) is 1.11. The van der Waals surface area contributed by atoms with Gasteiger partial charge in [-0.05, 0) is 37.2 Å². The summed E-state index contributed by atoms with van der Waals surface area (Å²) in [5.74, 6) is 0. The summed E-state index contributed by atoms with van der Waals surface area (Å²) in [4.78, 5) is 7.72. The molecule has 0 spiro atoms. The van der Waals surface area contributed by atoms with Crippen LogP contribution < -0.4 is 5.32 Å². The molecule has 0 aliphatic heterocycles. The zero-order valence-electron chi connectivity index (χ0n) is 12.4. The van der Waals surface area contributed by atoms with E-state index in [2.05, 4.69) is 55.6 Å². The molecule has 0 fully saturated rings. The number of nitrogens with one attached hydrogen (secondary N) is 1. The largest absolute Gasteiger partial charge is 0.308 e. The SMILES string of the molecule is CCNC(Cc1ccc(CC)s1)c1nc2ccccc2s1. The normalized spacial score (nSPS) is 12.9. The summed E-state index contributed by atoms with van der Waals surface area (Å²) in [5, 5.41) is 4.79. The highest BCUT2D eigenvalue weighted by molar-refractivity contribution is 7.18. The Morgan fingerprint density at radius 2 is 1.86 bits per heavy atom. The second kappa shape index (κ2) is 6.69. The van der Waals surface area contributed by atoms with Crippen LogP contribution in [-0.4, -0.2) is 11.5 Å². The number of aryl methyl sites for hydroxylation is 1. The second-order valence-electron chi connectivity index (χ2n) is 5.06. The van der Waals surface area contributed by atoms with Gasteiger partial charge in [0.1, 0.15) is 5.01 Å². The van der Waals surface area contributed by atoms with Crippen molar-refractivity contribution in [3.05, 3.63) is 51.2 Å². The van der Waals surface area contributed by atoms with Gasteiger partial charge in [0.25, 0.3) is 0 Å². The summed E-state index contributed by atoms with van der Waals surface area (Å²) >= 11 is 3.73. The number of benzene rings is 1. The number of likely N-dealkylation sites (N-methyl/N-ethyl adjacent to an activating group) is 1. The molecule has 0 radical (unpaired) electrons. The Balaban J connectivity index is 1.86. The number of thiophene rings is 1. The Kier molecular flexibility index (Phi) is 4.68. The highest BCUT2D eigenvalue weighted by Gasteiger charge is 2.16. The number of fused-ring (bicyclic) bond motifs is 1. The Hall–Kier alpha value is -1.23. The molecule has 21 heavy (non-hydrogen) atoms. The number of hydrogen-bond donors (Lipinski definition) is 1. The first-order chi connectivity index (χ1) is 10.3. The van der Waals surface area contributed by atoms with Crippen molar-refractivity contribution >= 4 is 32.9 Å². The van der Waals surface area contributed by atoms with Gasteiger partial charge in [-0.3, -0.25) is 0 Å². The van der Waals surface area contributed by atoms with E-state index in [9.17, 15) is 0 Å². The molecule has 2 nitrogen and oxygen atoms in total. The molecule has 1 atom stereocenters. The van der Waals surface area contributed by atoms with Crippen LogP contribution >= 0.6 is 22.7 Å². The van der Waals surface area contributed by atoms with Crippen LogP contribution in [0.4, 0.5) is 0 Å². The Morgan fingerprint density at radius 1 is 1.05 bits per heavy atom. The van der Waals surface area contributed by atoms with Gasteiger partial charge in [0, 0.05) is 16.2 Å². The van der Waals surface area contributed by atoms with E-state index in [1.807, 2.05) is 22.7 Å². The molecular weight excluding hydrogens is 296 g/mol. The number of aromatic nitrogens is 1. The summed E-state index contributed by atoms with van der Waals surface area (Å²) in [6, 6.07) is 13.2. The van der Waals surface area contributed by atoms with Gasteiger partial charge < -0.3 is 5.32 Å². The van der Waals surface area contributed by atoms with Crippen molar-refractivity contribution in [1.29, 1.82) is 0 Å². The van der Waals surface area contributed by atoms with Crippen LogP contribution in [0.15, 0.2) is 36.4 Å². The van der Waals surface area contributed by atoms with Crippen molar-refractivity contribution in [3.8, 4) is 0 Å². The molecule has 0 aliphatic carbocycles. The van der Waals surface area contributed by atoms with Crippen LogP contribution in [0.1, 0.15) is 34.7 Å². The predicted octanol–water partition coefficient (Wildman–Crippen LogP) is 4.81. The van der Waals surface area contributed by atoms with Gasteiger partial charge in [-0.15, -0.1) is 22.7 Å². The monoisotopic (exact) mass is 316 g/mol. The molecule has 1 unspecified atom stereocenters. The number of nitrogens with zero attached hydrogens (tertiary/aromatic N) is 1. The molecule has 1 aromatic carbocycles. The first kappa shape index (κ1) is 14.7. The van der Waals surface area contributed by atoms with E-state index in [0.29, 0.717) is 6.04 Å². The fourth-order valence-corrected chi connectivity index (χ4v) is 4.50. The summed E-state index contributed by atoms with van der Waals surface area (Å²) in [6.45, 7) is 5.34. The maximum atomic E-state index is 4.82. The van der Waals surface area contributed by atoms with E-state index in [4.69, 9.17) is 4.98 Å². The van der Waals surface area contributed by atoms with Crippen LogP contribution in [0.5, 0.6) is 0 Å². The maximum absolute atomic E-state index is 4.82. The van der Waals surface area contributed by atoms with E-state index in [1.165, 1.54) is 19.5 Å². The van der Waals surface area contributed by atoms with Gasteiger partial charge in [-0.1, -0.05) is 26.0 Å². The molecule has 4 heteroatoms. The minimum absolute atomic E-state index is 0.316. The molecule has 110 valence electrons. The fraction of sp³-hybridized carbons (Fsp3) is 0.353. The van der Waals surface area contributed by atoms with E-state index in [0.717, 1.165) is 24.9 Å². The van der Waals surface area contributed by atoms with Crippen molar-refractivity contribution in [2.45, 2.75) is 32.7 Å². The molecule has 0 amide bonds. The molecule has 0 saturated heterocycles. The van der Waals surface area contributed by atoms with Gasteiger partial charge in [0.15, 0.2) is 0 Å². The zero-order chi connectivity index (χ0) is 14.7. The minimum Gasteiger partial charge on any atom is -0.308 e. The molecule has 2 heterocycles. The molecule has 0 aliphatic rings. The van der Waals surface area contributed by atoms with Crippen molar-refractivity contribution in [1.82, 2.24) is 10.3 Å².